The number of aromatic nitrogens is 1. The largest absolute Gasteiger partial charge is 0.340 e. The first-order valence-corrected chi connectivity index (χ1v) is 9.42. The number of piperazine rings is 1. The second kappa shape index (κ2) is 6.21. The smallest absolute Gasteiger partial charge is 0.225 e. The molecule has 0 bridgehead atoms. The Bertz CT molecular complexity index is 668. The van der Waals surface area contributed by atoms with Gasteiger partial charge in [-0.3, -0.25) is 9.69 Å². The van der Waals surface area contributed by atoms with Crippen LogP contribution in [0.1, 0.15) is 37.2 Å². The van der Waals surface area contributed by atoms with Gasteiger partial charge in [-0.2, -0.15) is 0 Å². The summed E-state index contributed by atoms with van der Waals surface area (Å²) in [5.41, 5.74) is 1.10. The van der Waals surface area contributed by atoms with E-state index in [-0.39, 0.29) is 0 Å². The molecule has 1 atom stereocenters. The molecule has 5 heteroatoms. The predicted molar refractivity (Wildman–Crippen MR) is 93.5 cm³/mol. The molecular formula is C18H23N3OS. The molecule has 4 nitrogen and oxygen atoms in total. The van der Waals surface area contributed by atoms with Crippen molar-refractivity contribution < 1.29 is 4.79 Å². The van der Waals surface area contributed by atoms with Gasteiger partial charge in [-0.15, -0.1) is 11.3 Å². The van der Waals surface area contributed by atoms with E-state index >= 15 is 0 Å². The molecule has 1 unspecified atom stereocenters. The number of carbonyl (C=O) groups is 1. The molecule has 2 aromatic rings. The number of hydrogen-bond donors (Lipinski definition) is 0. The van der Waals surface area contributed by atoms with Gasteiger partial charge in [0.2, 0.25) is 5.91 Å². The van der Waals surface area contributed by atoms with Gasteiger partial charge in [-0.25, -0.2) is 4.98 Å². The lowest BCUT2D eigenvalue weighted by molar-refractivity contribution is -0.140. The molecule has 4 rings (SSSR count). The Morgan fingerprint density at radius 1 is 1.22 bits per heavy atom. The Morgan fingerprint density at radius 2 is 1.96 bits per heavy atom. The zero-order chi connectivity index (χ0) is 15.8. The summed E-state index contributed by atoms with van der Waals surface area (Å²) in [6.45, 7) is 5.88. The van der Waals surface area contributed by atoms with E-state index < -0.39 is 0 Å². The number of fused-ring (bicyclic) bond motifs is 1. The molecule has 0 radical (unpaired) electrons. The first kappa shape index (κ1) is 15.1. The van der Waals surface area contributed by atoms with E-state index in [0.717, 1.165) is 44.5 Å². The highest BCUT2D eigenvalue weighted by Crippen LogP contribution is 2.31. The molecule has 122 valence electrons. The summed E-state index contributed by atoms with van der Waals surface area (Å²) in [6, 6.07) is 8.66. The Kier molecular flexibility index (Phi) is 4.07. The standard InChI is InChI=1S/C18H23N3OS/c1-13(17-19-15-7-2-3-8-16(15)23-17)20-9-11-21(12-10-20)18(22)14-5-4-6-14/h2-3,7-8,13-14H,4-6,9-12H2,1H3. The summed E-state index contributed by atoms with van der Waals surface area (Å²) in [5, 5.41) is 1.19. The average Bonchev–Trinajstić information content (AvgIpc) is 2.96. The van der Waals surface area contributed by atoms with Crippen LogP contribution in [0.25, 0.3) is 10.2 Å². The number of hydrogen-bond acceptors (Lipinski definition) is 4. The summed E-state index contributed by atoms with van der Waals surface area (Å²) in [7, 11) is 0. The van der Waals surface area contributed by atoms with Crippen LogP contribution in [0.5, 0.6) is 0 Å². The maximum atomic E-state index is 12.3. The van der Waals surface area contributed by atoms with E-state index in [0.29, 0.717) is 17.9 Å². The maximum Gasteiger partial charge on any atom is 0.225 e. The monoisotopic (exact) mass is 329 g/mol. The minimum Gasteiger partial charge on any atom is -0.340 e. The number of nitrogens with zero attached hydrogens (tertiary/aromatic N) is 3. The van der Waals surface area contributed by atoms with Crippen LogP contribution in [0.2, 0.25) is 0 Å². The van der Waals surface area contributed by atoms with Crippen molar-refractivity contribution in [2.24, 2.45) is 5.92 Å². The summed E-state index contributed by atoms with van der Waals surface area (Å²) in [6.07, 6.45) is 3.42. The number of carbonyl (C=O) groups excluding carboxylic acids is 1. The molecule has 1 amide bonds. The van der Waals surface area contributed by atoms with Gasteiger partial charge in [0.05, 0.1) is 16.3 Å². The molecule has 1 aromatic heterocycles. The zero-order valence-corrected chi connectivity index (χ0v) is 14.4. The average molecular weight is 329 g/mol. The van der Waals surface area contributed by atoms with Crippen molar-refractivity contribution in [3.8, 4) is 0 Å². The molecule has 23 heavy (non-hydrogen) atoms. The van der Waals surface area contributed by atoms with Crippen molar-refractivity contribution >= 4 is 27.5 Å². The lowest BCUT2D eigenvalue weighted by atomic mass is 9.84. The molecule has 2 aliphatic rings. The molecular weight excluding hydrogens is 306 g/mol. The summed E-state index contributed by atoms with van der Waals surface area (Å²) < 4.78 is 1.26. The fourth-order valence-corrected chi connectivity index (χ4v) is 4.52. The second-order valence-corrected chi connectivity index (χ2v) is 7.75. The number of rotatable bonds is 3. The van der Waals surface area contributed by atoms with E-state index in [1.165, 1.54) is 16.1 Å². The first-order chi connectivity index (χ1) is 11.2. The van der Waals surface area contributed by atoms with Gasteiger partial charge < -0.3 is 4.90 Å². The van der Waals surface area contributed by atoms with Crippen molar-refractivity contribution in [1.29, 1.82) is 0 Å². The van der Waals surface area contributed by atoms with Crippen molar-refractivity contribution in [2.75, 3.05) is 26.2 Å². The fraction of sp³-hybridized carbons (Fsp3) is 0.556. The Balaban J connectivity index is 1.40. The quantitative estimate of drug-likeness (QED) is 0.867. The van der Waals surface area contributed by atoms with E-state index in [4.69, 9.17) is 4.98 Å². The van der Waals surface area contributed by atoms with Crippen LogP contribution in [0.3, 0.4) is 0 Å². The van der Waals surface area contributed by atoms with Crippen LogP contribution >= 0.6 is 11.3 Å². The van der Waals surface area contributed by atoms with Gasteiger partial charge in [0.25, 0.3) is 0 Å². The third-order valence-corrected chi connectivity index (χ3v) is 6.50. The number of thiazole rings is 1. The Labute approximate surface area is 141 Å². The van der Waals surface area contributed by atoms with Crippen LogP contribution in [0.15, 0.2) is 24.3 Å². The van der Waals surface area contributed by atoms with Crippen LogP contribution in [-0.4, -0.2) is 46.9 Å². The topological polar surface area (TPSA) is 36.4 Å². The minimum absolute atomic E-state index is 0.322. The predicted octanol–water partition coefficient (Wildman–Crippen LogP) is 3.30. The van der Waals surface area contributed by atoms with E-state index in [2.05, 4.69) is 34.9 Å². The van der Waals surface area contributed by atoms with Crippen LogP contribution < -0.4 is 0 Å². The third-order valence-electron chi connectivity index (χ3n) is 5.30. The van der Waals surface area contributed by atoms with Crippen molar-refractivity contribution in [3.63, 3.8) is 0 Å². The van der Waals surface area contributed by atoms with Crippen LogP contribution in [0, 0.1) is 5.92 Å². The van der Waals surface area contributed by atoms with Gasteiger partial charge in [0, 0.05) is 32.1 Å². The van der Waals surface area contributed by atoms with Crippen molar-refractivity contribution in [3.05, 3.63) is 29.3 Å². The summed E-state index contributed by atoms with van der Waals surface area (Å²) in [4.78, 5) is 21.7. The number of para-hydroxylation sites is 1. The number of amides is 1. The molecule has 2 heterocycles. The minimum atomic E-state index is 0.322. The molecule has 1 saturated carbocycles. The molecule has 0 spiro atoms. The maximum absolute atomic E-state index is 12.3. The first-order valence-electron chi connectivity index (χ1n) is 8.60. The third kappa shape index (κ3) is 2.88. The normalized spacial score (nSPS) is 21.3. The molecule has 0 N–H and O–H groups in total. The van der Waals surface area contributed by atoms with Gasteiger partial charge in [0.15, 0.2) is 0 Å². The SMILES string of the molecule is CC(c1nc2ccccc2s1)N1CCN(C(=O)C2CCC2)CC1. The Morgan fingerprint density at radius 3 is 2.61 bits per heavy atom. The van der Waals surface area contributed by atoms with Gasteiger partial charge in [-0.1, -0.05) is 18.6 Å². The Hall–Kier alpha value is -1.46. The number of benzene rings is 1. The zero-order valence-electron chi connectivity index (χ0n) is 13.6. The van der Waals surface area contributed by atoms with Gasteiger partial charge in [0.1, 0.15) is 5.01 Å². The van der Waals surface area contributed by atoms with E-state index in [9.17, 15) is 4.79 Å². The van der Waals surface area contributed by atoms with Crippen molar-refractivity contribution in [1.82, 2.24) is 14.8 Å². The van der Waals surface area contributed by atoms with E-state index in [1.807, 2.05) is 6.07 Å². The lowest BCUT2D eigenvalue weighted by Gasteiger charge is -2.40. The highest BCUT2D eigenvalue weighted by molar-refractivity contribution is 7.18. The lowest BCUT2D eigenvalue weighted by Crippen LogP contribution is -2.51. The molecule has 1 saturated heterocycles. The fourth-order valence-electron chi connectivity index (χ4n) is 3.47. The molecule has 1 aromatic carbocycles. The van der Waals surface area contributed by atoms with Gasteiger partial charge >= 0.3 is 0 Å². The molecule has 1 aliphatic heterocycles. The second-order valence-electron chi connectivity index (χ2n) is 6.68. The van der Waals surface area contributed by atoms with Crippen LogP contribution in [-0.2, 0) is 4.79 Å². The van der Waals surface area contributed by atoms with Crippen molar-refractivity contribution in [2.45, 2.75) is 32.2 Å². The molecule has 2 fully saturated rings. The van der Waals surface area contributed by atoms with Crippen LogP contribution in [0.4, 0.5) is 0 Å². The summed E-state index contributed by atoms with van der Waals surface area (Å²) in [5.74, 6) is 0.715. The molecule has 1 aliphatic carbocycles. The van der Waals surface area contributed by atoms with Gasteiger partial charge in [-0.05, 0) is 31.9 Å². The highest BCUT2D eigenvalue weighted by Gasteiger charge is 2.32. The highest BCUT2D eigenvalue weighted by atomic mass is 32.1. The van der Waals surface area contributed by atoms with E-state index in [1.54, 1.807) is 11.3 Å². The summed E-state index contributed by atoms with van der Waals surface area (Å²) >= 11 is 1.79.